The minimum absolute atomic E-state index is 0.148. The summed E-state index contributed by atoms with van der Waals surface area (Å²) in [5.74, 6) is 0.889. The van der Waals surface area contributed by atoms with Crippen molar-refractivity contribution >= 4 is 10.8 Å². The molecule has 2 heteroatoms. The SMILES string of the molecule is Cc1ccc2ccccc2c1C(N)c1ccoc1C. The molecule has 3 rings (SSSR count). The Balaban J connectivity index is 2.24. The summed E-state index contributed by atoms with van der Waals surface area (Å²) in [6.07, 6.45) is 1.70. The first kappa shape index (κ1) is 12.0. The standard InChI is InChI=1S/C17H17NO/c1-11-7-8-13-5-3-4-6-15(13)16(11)17(18)14-9-10-19-12(14)2/h3-10,17H,18H2,1-2H3. The zero-order valence-electron chi connectivity index (χ0n) is 11.2. The van der Waals surface area contributed by atoms with E-state index in [1.807, 2.05) is 13.0 Å². The van der Waals surface area contributed by atoms with Gasteiger partial charge in [0.15, 0.2) is 0 Å². The molecule has 0 aliphatic carbocycles. The van der Waals surface area contributed by atoms with Crippen LogP contribution in [0.15, 0.2) is 53.1 Å². The van der Waals surface area contributed by atoms with Gasteiger partial charge in [0.25, 0.3) is 0 Å². The third-order valence-corrected chi connectivity index (χ3v) is 3.73. The average Bonchev–Trinajstić information content (AvgIpc) is 2.84. The Bertz CT molecular complexity index is 727. The highest BCUT2D eigenvalue weighted by Gasteiger charge is 2.17. The molecule has 0 radical (unpaired) electrons. The van der Waals surface area contributed by atoms with Crippen LogP contribution in [-0.4, -0.2) is 0 Å². The molecule has 1 heterocycles. The first-order valence-electron chi connectivity index (χ1n) is 6.46. The van der Waals surface area contributed by atoms with Gasteiger partial charge in [-0.05, 0) is 41.8 Å². The van der Waals surface area contributed by atoms with E-state index in [2.05, 4.69) is 43.3 Å². The molecule has 1 aromatic heterocycles. The average molecular weight is 251 g/mol. The number of benzene rings is 2. The summed E-state index contributed by atoms with van der Waals surface area (Å²) in [7, 11) is 0. The van der Waals surface area contributed by atoms with Gasteiger partial charge in [0.05, 0.1) is 12.3 Å². The van der Waals surface area contributed by atoms with Crippen LogP contribution in [0.25, 0.3) is 10.8 Å². The van der Waals surface area contributed by atoms with Crippen molar-refractivity contribution in [1.29, 1.82) is 0 Å². The summed E-state index contributed by atoms with van der Waals surface area (Å²) in [6, 6.07) is 14.4. The molecule has 96 valence electrons. The maximum atomic E-state index is 6.47. The fourth-order valence-electron chi connectivity index (χ4n) is 2.69. The van der Waals surface area contributed by atoms with Gasteiger partial charge in [-0.1, -0.05) is 36.4 Å². The molecule has 0 bridgehead atoms. The molecule has 0 saturated carbocycles. The second-order valence-corrected chi connectivity index (χ2v) is 4.93. The predicted molar refractivity (Wildman–Crippen MR) is 78.2 cm³/mol. The molecule has 1 unspecified atom stereocenters. The lowest BCUT2D eigenvalue weighted by Crippen LogP contribution is -2.14. The van der Waals surface area contributed by atoms with E-state index in [9.17, 15) is 0 Å². The quantitative estimate of drug-likeness (QED) is 0.744. The van der Waals surface area contributed by atoms with Gasteiger partial charge < -0.3 is 10.2 Å². The summed E-state index contributed by atoms with van der Waals surface area (Å²) in [5, 5.41) is 2.44. The smallest absolute Gasteiger partial charge is 0.105 e. The Kier molecular flexibility index (Phi) is 2.88. The number of nitrogens with two attached hydrogens (primary N) is 1. The third-order valence-electron chi connectivity index (χ3n) is 3.73. The van der Waals surface area contributed by atoms with Gasteiger partial charge in [0, 0.05) is 5.56 Å². The van der Waals surface area contributed by atoms with Crippen molar-refractivity contribution < 1.29 is 4.42 Å². The van der Waals surface area contributed by atoms with Gasteiger partial charge in [-0.3, -0.25) is 0 Å². The van der Waals surface area contributed by atoms with E-state index < -0.39 is 0 Å². The third kappa shape index (κ3) is 1.94. The van der Waals surface area contributed by atoms with Crippen LogP contribution in [0.4, 0.5) is 0 Å². The van der Waals surface area contributed by atoms with E-state index >= 15 is 0 Å². The summed E-state index contributed by atoms with van der Waals surface area (Å²) >= 11 is 0. The van der Waals surface area contributed by atoms with Crippen molar-refractivity contribution in [3.8, 4) is 0 Å². The summed E-state index contributed by atoms with van der Waals surface area (Å²) in [4.78, 5) is 0. The lowest BCUT2D eigenvalue weighted by atomic mass is 9.91. The van der Waals surface area contributed by atoms with Crippen LogP contribution in [0.5, 0.6) is 0 Å². The Morgan fingerprint density at radius 2 is 1.79 bits per heavy atom. The van der Waals surface area contributed by atoms with Gasteiger partial charge in [0.2, 0.25) is 0 Å². The van der Waals surface area contributed by atoms with Crippen LogP contribution in [0.3, 0.4) is 0 Å². The second kappa shape index (κ2) is 4.56. The minimum atomic E-state index is -0.148. The monoisotopic (exact) mass is 251 g/mol. The first-order valence-corrected chi connectivity index (χ1v) is 6.46. The zero-order chi connectivity index (χ0) is 13.4. The van der Waals surface area contributed by atoms with Gasteiger partial charge in [-0.25, -0.2) is 0 Å². The maximum Gasteiger partial charge on any atom is 0.105 e. The summed E-state index contributed by atoms with van der Waals surface area (Å²) < 4.78 is 5.38. The Labute approximate surface area is 112 Å². The van der Waals surface area contributed by atoms with E-state index in [0.717, 1.165) is 11.3 Å². The van der Waals surface area contributed by atoms with Crippen LogP contribution >= 0.6 is 0 Å². The van der Waals surface area contributed by atoms with Crippen LogP contribution < -0.4 is 5.73 Å². The molecule has 0 amide bonds. The van der Waals surface area contributed by atoms with Crippen LogP contribution in [0.2, 0.25) is 0 Å². The minimum Gasteiger partial charge on any atom is -0.469 e. The van der Waals surface area contributed by atoms with Gasteiger partial charge in [-0.2, -0.15) is 0 Å². The topological polar surface area (TPSA) is 39.2 Å². The second-order valence-electron chi connectivity index (χ2n) is 4.93. The molecule has 2 nitrogen and oxygen atoms in total. The van der Waals surface area contributed by atoms with Crippen molar-refractivity contribution in [1.82, 2.24) is 0 Å². The molecule has 1 atom stereocenters. The normalized spacial score (nSPS) is 12.8. The van der Waals surface area contributed by atoms with Crippen molar-refractivity contribution in [2.45, 2.75) is 19.9 Å². The molecular weight excluding hydrogens is 234 g/mol. The molecule has 0 spiro atoms. The fourth-order valence-corrected chi connectivity index (χ4v) is 2.69. The van der Waals surface area contributed by atoms with Crippen LogP contribution in [-0.2, 0) is 0 Å². The first-order chi connectivity index (χ1) is 9.18. The van der Waals surface area contributed by atoms with E-state index in [0.29, 0.717) is 0 Å². The van der Waals surface area contributed by atoms with Crippen molar-refractivity contribution in [2.75, 3.05) is 0 Å². The van der Waals surface area contributed by atoms with Gasteiger partial charge >= 0.3 is 0 Å². The number of rotatable bonds is 2. The zero-order valence-corrected chi connectivity index (χ0v) is 11.2. The van der Waals surface area contributed by atoms with E-state index in [4.69, 9.17) is 10.2 Å². The molecule has 0 aliphatic rings. The number of aryl methyl sites for hydroxylation is 2. The molecular formula is C17H17NO. The highest BCUT2D eigenvalue weighted by atomic mass is 16.3. The molecule has 0 fully saturated rings. The van der Waals surface area contributed by atoms with E-state index in [1.54, 1.807) is 6.26 Å². The molecule has 19 heavy (non-hydrogen) atoms. The molecule has 0 aliphatic heterocycles. The summed E-state index contributed by atoms with van der Waals surface area (Å²) in [5.41, 5.74) is 9.92. The van der Waals surface area contributed by atoms with Crippen LogP contribution in [0, 0.1) is 13.8 Å². The van der Waals surface area contributed by atoms with Gasteiger partial charge in [0.1, 0.15) is 5.76 Å². The Morgan fingerprint density at radius 3 is 2.53 bits per heavy atom. The maximum absolute atomic E-state index is 6.47. The Morgan fingerprint density at radius 1 is 1.00 bits per heavy atom. The molecule has 2 aromatic carbocycles. The molecule has 0 saturated heterocycles. The van der Waals surface area contributed by atoms with Crippen molar-refractivity contribution in [3.05, 3.63) is 71.2 Å². The van der Waals surface area contributed by atoms with Crippen molar-refractivity contribution in [3.63, 3.8) is 0 Å². The number of fused-ring (bicyclic) bond motifs is 1. The predicted octanol–water partition coefficient (Wildman–Crippen LogP) is 4.10. The highest BCUT2D eigenvalue weighted by molar-refractivity contribution is 5.87. The number of hydrogen-bond acceptors (Lipinski definition) is 2. The number of furan rings is 1. The molecule has 2 N–H and O–H groups in total. The lowest BCUT2D eigenvalue weighted by molar-refractivity contribution is 0.527. The number of hydrogen-bond donors (Lipinski definition) is 1. The Hall–Kier alpha value is -2.06. The van der Waals surface area contributed by atoms with E-state index in [-0.39, 0.29) is 6.04 Å². The largest absolute Gasteiger partial charge is 0.469 e. The fraction of sp³-hybridized carbons (Fsp3) is 0.176. The lowest BCUT2D eigenvalue weighted by Gasteiger charge is -2.17. The molecule has 3 aromatic rings. The van der Waals surface area contributed by atoms with E-state index in [1.165, 1.54) is 21.9 Å². The van der Waals surface area contributed by atoms with Crippen molar-refractivity contribution in [2.24, 2.45) is 5.73 Å². The summed E-state index contributed by atoms with van der Waals surface area (Å²) in [6.45, 7) is 4.06. The van der Waals surface area contributed by atoms with Gasteiger partial charge in [-0.15, -0.1) is 0 Å². The highest BCUT2D eigenvalue weighted by Crippen LogP contribution is 2.31. The van der Waals surface area contributed by atoms with Crippen LogP contribution in [0.1, 0.15) is 28.5 Å².